The van der Waals surface area contributed by atoms with E-state index in [2.05, 4.69) is 0 Å². The van der Waals surface area contributed by atoms with Crippen molar-refractivity contribution in [3.8, 4) is 0 Å². The summed E-state index contributed by atoms with van der Waals surface area (Å²) in [6.45, 7) is 0. The molecule has 0 aliphatic heterocycles. The van der Waals surface area contributed by atoms with Gasteiger partial charge in [-0.3, -0.25) is 0 Å². The number of nitrogens with two attached hydrogens (primary N) is 2. The Hall–Kier alpha value is 0.140. The van der Waals surface area contributed by atoms with Crippen molar-refractivity contribution in [3.05, 3.63) is 0 Å². The summed E-state index contributed by atoms with van der Waals surface area (Å²) in [6.07, 6.45) is 0. The van der Waals surface area contributed by atoms with Gasteiger partial charge >= 0.3 is 0 Å². The van der Waals surface area contributed by atoms with Gasteiger partial charge in [0, 0.05) is 0 Å². The second-order valence-corrected chi connectivity index (χ2v) is 3.67. The lowest BCUT2D eigenvalue weighted by Gasteiger charge is -2.11. The molecule has 8 heteroatoms. The van der Waals surface area contributed by atoms with Crippen LogP contribution in [0, 0.1) is 0 Å². The van der Waals surface area contributed by atoms with Gasteiger partial charge in [0.15, 0.2) is 22.2 Å². The molecular weight excluding hydrogens is 180 g/mol. The second kappa shape index (κ2) is 4.11. The van der Waals surface area contributed by atoms with Crippen molar-refractivity contribution in [2.24, 2.45) is 11.5 Å². The maximum atomic E-state index is 10.1. The lowest BCUT2D eigenvalue weighted by atomic mass is 10.7. The molecule has 0 spiro atoms. The molecule has 0 aromatic rings. The van der Waals surface area contributed by atoms with E-state index >= 15 is 0 Å². The van der Waals surface area contributed by atoms with Gasteiger partial charge in [0.05, 0.1) is 0 Å². The molecule has 0 amide bonds. The van der Waals surface area contributed by atoms with Gasteiger partial charge in [0.25, 0.3) is 0 Å². The van der Waals surface area contributed by atoms with Crippen molar-refractivity contribution in [3.63, 3.8) is 0 Å². The van der Waals surface area contributed by atoms with Crippen molar-refractivity contribution < 1.29 is 17.5 Å². The molecule has 4 atom stereocenters. The van der Waals surface area contributed by atoms with Crippen molar-refractivity contribution >= 4 is 22.2 Å². The van der Waals surface area contributed by atoms with Crippen molar-refractivity contribution in [1.82, 2.24) is 0 Å². The standard InChI is InChI=1S/C2H8N2O4S2/c3-1(9(5)6)2(4)10(7)8/h1-2H,3-4H2,(H,5,6)(H,7,8). The van der Waals surface area contributed by atoms with Crippen LogP contribution in [0.4, 0.5) is 0 Å². The molecule has 62 valence electrons. The molecule has 0 rings (SSSR count). The molecule has 6 nitrogen and oxygen atoms in total. The molecule has 4 unspecified atom stereocenters. The fourth-order valence-electron chi connectivity index (χ4n) is 0.229. The summed E-state index contributed by atoms with van der Waals surface area (Å²) in [4.78, 5) is 0. The molecular formula is C2H8N2O4S2. The summed E-state index contributed by atoms with van der Waals surface area (Å²) in [6, 6.07) is 0. The molecule has 0 aliphatic carbocycles. The Labute approximate surface area is 62.5 Å². The zero-order valence-corrected chi connectivity index (χ0v) is 6.47. The minimum absolute atomic E-state index is 1.38. The Kier molecular flexibility index (Phi) is 4.17. The highest BCUT2D eigenvalue weighted by atomic mass is 32.2. The first-order valence-corrected chi connectivity index (χ1v) is 4.51. The van der Waals surface area contributed by atoms with E-state index in [0.717, 1.165) is 0 Å². The third-order valence-electron chi connectivity index (χ3n) is 0.789. The number of hydrogen-bond acceptors (Lipinski definition) is 4. The van der Waals surface area contributed by atoms with Crippen LogP contribution in [0.2, 0.25) is 0 Å². The molecule has 0 aromatic heterocycles. The number of hydrogen-bond donors (Lipinski definition) is 4. The molecule has 6 N–H and O–H groups in total. The highest BCUT2D eigenvalue weighted by Gasteiger charge is 2.23. The predicted molar refractivity (Wildman–Crippen MR) is 37.5 cm³/mol. The molecule has 0 saturated carbocycles. The van der Waals surface area contributed by atoms with Gasteiger partial charge in [-0.1, -0.05) is 0 Å². The van der Waals surface area contributed by atoms with Crippen LogP contribution >= 0.6 is 0 Å². The quantitative estimate of drug-likeness (QED) is 0.379. The van der Waals surface area contributed by atoms with E-state index in [9.17, 15) is 8.42 Å². The van der Waals surface area contributed by atoms with E-state index in [-0.39, 0.29) is 0 Å². The van der Waals surface area contributed by atoms with Crippen LogP contribution in [0.5, 0.6) is 0 Å². The summed E-state index contributed by atoms with van der Waals surface area (Å²) in [5, 5.41) is -2.77. The van der Waals surface area contributed by atoms with Crippen LogP contribution in [-0.4, -0.2) is 28.3 Å². The number of rotatable bonds is 3. The van der Waals surface area contributed by atoms with E-state index in [1.807, 2.05) is 0 Å². The fourth-order valence-corrected chi connectivity index (χ4v) is 1.26. The predicted octanol–water partition coefficient (Wildman–Crippen LogP) is -2.00. The summed E-state index contributed by atoms with van der Waals surface area (Å²) in [5.41, 5.74) is 9.87. The van der Waals surface area contributed by atoms with Gasteiger partial charge < -0.3 is 20.6 Å². The van der Waals surface area contributed by atoms with Crippen molar-refractivity contribution in [1.29, 1.82) is 0 Å². The summed E-state index contributed by atoms with van der Waals surface area (Å²) in [5.74, 6) is 0. The van der Waals surface area contributed by atoms with E-state index in [4.69, 9.17) is 20.6 Å². The summed E-state index contributed by atoms with van der Waals surface area (Å²) in [7, 11) is 0. The zero-order valence-electron chi connectivity index (χ0n) is 4.84. The maximum Gasteiger partial charge on any atom is 0.173 e. The molecule has 0 bridgehead atoms. The average molecular weight is 188 g/mol. The zero-order chi connectivity index (χ0) is 8.31. The minimum Gasteiger partial charge on any atom is -0.313 e. The largest absolute Gasteiger partial charge is 0.313 e. The lowest BCUT2D eigenvalue weighted by Crippen LogP contribution is -2.46. The SMILES string of the molecule is NC(C(N)S(=O)O)S(=O)O. The normalized spacial score (nSPS) is 23.2. The highest BCUT2D eigenvalue weighted by molar-refractivity contribution is 7.84. The molecule has 10 heavy (non-hydrogen) atoms. The first kappa shape index (κ1) is 10.1. The molecule has 0 aliphatic rings. The third kappa shape index (κ3) is 2.82. The summed E-state index contributed by atoms with van der Waals surface area (Å²) >= 11 is -4.72. The van der Waals surface area contributed by atoms with Gasteiger partial charge in [-0.05, 0) is 0 Å². The third-order valence-corrected chi connectivity index (χ3v) is 2.48. The van der Waals surface area contributed by atoms with Crippen LogP contribution in [0.15, 0.2) is 0 Å². The van der Waals surface area contributed by atoms with Gasteiger partial charge in [-0.15, -0.1) is 0 Å². The smallest absolute Gasteiger partial charge is 0.173 e. The van der Waals surface area contributed by atoms with Gasteiger partial charge in [-0.2, -0.15) is 0 Å². The molecule has 0 aromatic carbocycles. The average Bonchev–Trinajstić information content (AvgIpc) is 1.84. The Morgan fingerprint density at radius 2 is 1.20 bits per heavy atom. The van der Waals surface area contributed by atoms with Crippen LogP contribution in [0.1, 0.15) is 0 Å². The van der Waals surface area contributed by atoms with Gasteiger partial charge in [0.1, 0.15) is 10.7 Å². The van der Waals surface area contributed by atoms with Crippen LogP contribution in [0.25, 0.3) is 0 Å². The van der Waals surface area contributed by atoms with Crippen LogP contribution in [0.3, 0.4) is 0 Å². The first-order valence-electron chi connectivity index (χ1n) is 2.17. The summed E-state index contributed by atoms with van der Waals surface area (Å²) < 4.78 is 36.7. The van der Waals surface area contributed by atoms with E-state index in [1.165, 1.54) is 0 Å². The molecule has 0 fully saturated rings. The van der Waals surface area contributed by atoms with Gasteiger partial charge in [0.2, 0.25) is 0 Å². The molecule has 0 radical (unpaired) electrons. The van der Waals surface area contributed by atoms with Crippen LogP contribution < -0.4 is 11.5 Å². The first-order chi connectivity index (χ1) is 4.46. The van der Waals surface area contributed by atoms with Gasteiger partial charge in [-0.25, -0.2) is 8.42 Å². The Bertz CT molecular complexity index is 143. The molecule has 0 saturated heterocycles. The van der Waals surface area contributed by atoms with E-state index in [0.29, 0.717) is 0 Å². The topological polar surface area (TPSA) is 127 Å². The molecule has 0 heterocycles. The minimum atomic E-state index is -2.36. The maximum absolute atomic E-state index is 10.1. The van der Waals surface area contributed by atoms with E-state index < -0.39 is 32.9 Å². The fraction of sp³-hybridized carbons (Fsp3) is 1.00. The Morgan fingerprint density at radius 3 is 1.30 bits per heavy atom. The van der Waals surface area contributed by atoms with Crippen molar-refractivity contribution in [2.75, 3.05) is 0 Å². The Morgan fingerprint density at radius 1 is 1.00 bits per heavy atom. The second-order valence-electron chi connectivity index (χ2n) is 1.48. The van der Waals surface area contributed by atoms with Crippen molar-refractivity contribution in [2.45, 2.75) is 10.7 Å². The highest BCUT2D eigenvalue weighted by Crippen LogP contribution is 1.93. The van der Waals surface area contributed by atoms with E-state index in [1.54, 1.807) is 0 Å². The monoisotopic (exact) mass is 188 g/mol. The lowest BCUT2D eigenvalue weighted by molar-refractivity contribution is 0.522. The Balaban J connectivity index is 4.07. The van der Waals surface area contributed by atoms with Crippen LogP contribution in [-0.2, 0) is 22.2 Å².